The summed E-state index contributed by atoms with van der Waals surface area (Å²) in [4.78, 5) is 84.5. The van der Waals surface area contributed by atoms with Crippen LogP contribution in [0, 0.1) is 32.6 Å². The Hall–Kier alpha value is -7.79. The molecule has 1 saturated carbocycles. The van der Waals surface area contributed by atoms with Crippen molar-refractivity contribution in [3.63, 3.8) is 0 Å². The lowest BCUT2D eigenvalue weighted by molar-refractivity contribution is -0.200. The average molecular weight is 1340 g/mol. The number of carbonyl (C=O) groups excluding carboxylic acids is 6. The highest BCUT2D eigenvalue weighted by Gasteiger charge is 2.45. The van der Waals surface area contributed by atoms with Gasteiger partial charge in [0, 0.05) is 115 Å². The summed E-state index contributed by atoms with van der Waals surface area (Å²) in [7, 11) is -3.65. The van der Waals surface area contributed by atoms with Crippen molar-refractivity contribution in [2.45, 2.75) is 129 Å². The molecule has 3 aromatic carbocycles. The van der Waals surface area contributed by atoms with Gasteiger partial charge in [0.05, 0.1) is 5.25 Å². The minimum Gasteiger partial charge on any atom is -0.483 e. The highest BCUT2D eigenvalue weighted by atomic mass is 32.2. The predicted octanol–water partition coefficient (Wildman–Crippen LogP) is 8.55. The van der Waals surface area contributed by atoms with Crippen LogP contribution in [-0.2, 0) is 69.0 Å². The summed E-state index contributed by atoms with van der Waals surface area (Å²) in [6.45, 7) is 13.8. The molecule has 3 aromatic rings. The molecule has 1 aliphatic carbocycles. The Morgan fingerprint density at radius 1 is 0.565 bits per heavy atom. The lowest BCUT2D eigenvalue weighted by Gasteiger charge is -2.35. The van der Waals surface area contributed by atoms with Crippen molar-refractivity contribution < 1.29 is 114 Å². The number of aliphatic carboxylic acids is 1. The van der Waals surface area contributed by atoms with Gasteiger partial charge >= 0.3 is 54.9 Å². The SMILES string of the molecule is CC#Cc1cc(C)ccc1CN1CCN(C(=O)OC(C)C(F)(F)F)CC1.Cc1ccc(CN2CCN(C(=O)OC(C)C(F)(F)F)CC2)c(C(F)(F)C(=O)O)c1.Cc1ccc(CN2CCN(C(=O)OC(C)C(F)(F)F)CC2)c(OCC(=O)NS(=O)(=O)C2CC2)c1.O=C=O. The number of benzene rings is 3. The largest absolute Gasteiger partial charge is 0.483 e. The van der Waals surface area contributed by atoms with E-state index in [0.717, 1.165) is 59.6 Å². The van der Waals surface area contributed by atoms with Gasteiger partial charge in [0.15, 0.2) is 24.9 Å². The van der Waals surface area contributed by atoms with Crippen molar-refractivity contribution in [3.8, 4) is 17.6 Å². The molecule has 0 aromatic heterocycles. The van der Waals surface area contributed by atoms with Gasteiger partial charge < -0.3 is 38.8 Å². The van der Waals surface area contributed by atoms with Crippen LogP contribution in [0.4, 0.5) is 62.7 Å². The predicted molar refractivity (Wildman–Crippen MR) is 305 cm³/mol. The number of alkyl halides is 11. The monoisotopic (exact) mass is 1340 g/mol. The molecule has 4 fully saturated rings. The van der Waals surface area contributed by atoms with Crippen molar-refractivity contribution >= 4 is 46.3 Å². The average Bonchev–Trinajstić information content (AvgIpc) is 0.927. The molecule has 0 bridgehead atoms. The zero-order valence-corrected chi connectivity index (χ0v) is 52.1. The van der Waals surface area contributed by atoms with Gasteiger partial charge in [0.25, 0.3) is 5.91 Å². The van der Waals surface area contributed by atoms with Crippen LogP contribution in [0.3, 0.4) is 0 Å². The van der Waals surface area contributed by atoms with Crippen LogP contribution in [0.25, 0.3) is 0 Å². The number of piperazine rings is 3. The van der Waals surface area contributed by atoms with Crippen LogP contribution in [0.15, 0.2) is 54.6 Å². The summed E-state index contributed by atoms with van der Waals surface area (Å²) in [5.41, 5.74) is 4.87. The highest BCUT2D eigenvalue weighted by molar-refractivity contribution is 7.90. The van der Waals surface area contributed by atoms with Gasteiger partial charge in [-0.05, 0) is 102 Å². The van der Waals surface area contributed by atoms with Crippen LogP contribution >= 0.6 is 0 Å². The molecule has 3 atom stereocenters. The molecule has 3 aliphatic heterocycles. The Labute approximate surface area is 524 Å². The number of halogens is 11. The minimum absolute atomic E-state index is 0.0142. The molecule has 2 N–H and O–H groups in total. The summed E-state index contributed by atoms with van der Waals surface area (Å²) in [6.07, 6.45) is -22.0. The van der Waals surface area contributed by atoms with E-state index < -0.39 is 100 Å². The summed E-state index contributed by atoms with van der Waals surface area (Å²) < 4.78 is 186. The van der Waals surface area contributed by atoms with Crippen molar-refractivity contribution in [1.29, 1.82) is 0 Å². The number of hydrogen-bond acceptors (Lipinski definition) is 16. The third-order valence-electron chi connectivity index (χ3n) is 14.5. The van der Waals surface area contributed by atoms with Crippen LogP contribution in [0.5, 0.6) is 5.75 Å². The first kappa shape index (κ1) is 76.7. The van der Waals surface area contributed by atoms with Crippen molar-refractivity contribution in [2.24, 2.45) is 0 Å². The molecule has 4 aliphatic rings. The second kappa shape index (κ2) is 33.7. The van der Waals surface area contributed by atoms with Gasteiger partial charge in [0.2, 0.25) is 10.0 Å². The second-order valence-electron chi connectivity index (χ2n) is 21.8. The lowest BCUT2D eigenvalue weighted by atomic mass is 9.98. The molecule has 3 unspecified atom stereocenters. The Morgan fingerprint density at radius 2 is 0.913 bits per heavy atom. The molecule has 21 nitrogen and oxygen atoms in total. The molecular weight excluding hydrogens is 1270 g/mol. The second-order valence-corrected chi connectivity index (χ2v) is 23.8. The molecule has 3 heterocycles. The smallest absolute Gasteiger partial charge is 0.425 e. The first-order chi connectivity index (χ1) is 42.8. The van der Waals surface area contributed by atoms with E-state index in [1.54, 1.807) is 30.9 Å². The molecule has 3 saturated heterocycles. The molecule has 7 rings (SSSR count). The quantitative estimate of drug-likeness (QED) is 0.0775. The molecule has 33 heteroatoms. The van der Waals surface area contributed by atoms with Gasteiger partial charge in [0.1, 0.15) is 5.75 Å². The highest BCUT2D eigenvalue weighted by Crippen LogP contribution is 2.34. The Kier molecular flexibility index (Phi) is 28.1. The molecule has 92 heavy (non-hydrogen) atoms. The van der Waals surface area contributed by atoms with Crippen molar-refractivity contribution in [2.75, 3.05) is 85.1 Å². The Balaban J connectivity index is 0.000000290. The fourth-order valence-corrected chi connectivity index (χ4v) is 10.2. The number of carboxylic acid groups (broad SMARTS) is 1. The summed E-state index contributed by atoms with van der Waals surface area (Å²) in [5, 5.41) is 8.32. The first-order valence-electron chi connectivity index (χ1n) is 28.5. The maximum absolute atomic E-state index is 14.1. The van der Waals surface area contributed by atoms with E-state index in [1.807, 2.05) is 53.8 Å². The number of nitrogens with zero attached hydrogens (tertiary/aromatic N) is 6. The molecule has 0 spiro atoms. The first-order valence-corrected chi connectivity index (χ1v) is 30.1. The van der Waals surface area contributed by atoms with E-state index in [1.165, 1.54) is 15.9 Å². The Morgan fingerprint density at radius 3 is 1.28 bits per heavy atom. The van der Waals surface area contributed by atoms with E-state index in [4.69, 9.17) is 19.4 Å². The maximum atomic E-state index is 14.1. The van der Waals surface area contributed by atoms with Gasteiger partial charge in [-0.2, -0.15) is 57.9 Å². The fourth-order valence-electron chi connectivity index (χ4n) is 8.90. The van der Waals surface area contributed by atoms with E-state index in [9.17, 15) is 80.7 Å². The summed E-state index contributed by atoms with van der Waals surface area (Å²) in [5.74, 6) is -0.616. The number of ether oxygens (including phenoxy) is 4. The van der Waals surface area contributed by atoms with Crippen molar-refractivity contribution in [1.82, 2.24) is 34.1 Å². The van der Waals surface area contributed by atoms with Gasteiger partial charge in [-0.3, -0.25) is 19.5 Å². The Bertz CT molecular complexity index is 3220. The van der Waals surface area contributed by atoms with Gasteiger partial charge in [-0.1, -0.05) is 47.9 Å². The number of carbonyl (C=O) groups is 5. The van der Waals surface area contributed by atoms with E-state index >= 15 is 0 Å². The van der Waals surface area contributed by atoms with Crippen molar-refractivity contribution in [3.05, 3.63) is 99.1 Å². The van der Waals surface area contributed by atoms with Crippen LogP contribution < -0.4 is 9.46 Å². The molecular formula is C59H72F11N7O14S. The topological polar surface area (TPSA) is 242 Å². The van der Waals surface area contributed by atoms with Crippen LogP contribution in [0.2, 0.25) is 0 Å². The summed E-state index contributed by atoms with van der Waals surface area (Å²) >= 11 is 0. The van der Waals surface area contributed by atoms with E-state index in [-0.39, 0.29) is 57.5 Å². The minimum atomic E-state index is -4.66. The number of hydrogen-bond donors (Lipinski definition) is 2. The van der Waals surface area contributed by atoms with Gasteiger partial charge in [-0.25, -0.2) is 32.3 Å². The number of rotatable bonds is 16. The molecule has 4 amide bonds. The standard InChI is InChI=1S/C21H28F3N3O6S.C19H23F3N2O2.C18H21F5N2O4.CO2/c1-14-3-4-16(18(11-14)32-13-19(28)25-34(30,31)17-5-6-17)12-26-7-9-27(10-8-26)20(29)33-15(2)21(22,23)24;1-4-5-16-12-14(2)6-7-17(16)13-23-8-10-24(11-9-23)18(25)26-15(3)19(20,21)22;1-11-3-4-13(14(9-11)17(19,20)15(26)27)10-24-5-7-25(8-6-24)16(28)29-12(2)18(21,22)23;2-1-3/h3-4,11,15,17H,5-10,12-13H2,1-2H3,(H,25,28);6-7,12,15H,8-11,13H2,1-3H3;3-4,9,12H,5-8,10H2,1-2H3,(H,26,27);. The number of carboxylic acids is 1. The number of amides is 4. The normalized spacial score (nSPS) is 17.0. The van der Waals surface area contributed by atoms with Gasteiger partial charge in [-0.15, -0.1) is 5.92 Å². The third-order valence-corrected chi connectivity index (χ3v) is 16.3. The van der Waals surface area contributed by atoms with Crippen LogP contribution in [-0.4, -0.2) is 206 Å². The zero-order chi connectivity index (χ0) is 69.1. The fraction of sp³-hybridized carbons (Fsp3) is 0.559. The third kappa shape index (κ3) is 24.4. The zero-order valence-electron chi connectivity index (χ0n) is 51.2. The van der Waals surface area contributed by atoms with E-state index in [2.05, 4.69) is 31.0 Å². The maximum Gasteiger partial charge on any atom is 0.425 e. The number of aryl methyl sites for hydroxylation is 3. The molecule has 510 valence electrons. The number of sulfonamides is 1. The number of nitrogens with one attached hydrogen (secondary N) is 1. The van der Waals surface area contributed by atoms with E-state index in [0.29, 0.717) is 76.5 Å². The lowest BCUT2D eigenvalue weighted by Crippen LogP contribution is -2.49. The summed E-state index contributed by atoms with van der Waals surface area (Å²) in [6, 6.07) is 15.7. The van der Waals surface area contributed by atoms with Crippen LogP contribution in [0.1, 0.15) is 85.0 Å². The molecule has 0 radical (unpaired) electrons.